The van der Waals surface area contributed by atoms with Crippen LogP contribution in [-0.2, 0) is 6.42 Å². The number of allylic oxidation sites excluding steroid dienone is 1. The minimum atomic E-state index is -0.0373. The number of para-hydroxylation sites is 1. The van der Waals surface area contributed by atoms with Crippen molar-refractivity contribution >= 4 is 21.9 Å². The average molecular weight is 266 g/mol. The quantitative estimate of drug-likeness (QED) is 0.566. The topological polar surface area (TPSA) is 50.4 Å². The predicted octanol–water partition coefficient (Wildman–Crippen LogP) is 3.87. The van der Waals surface area contributed by atoms with Crippen molar-refractivity contribution in [2.24, 2.45) is 0 Å². The highest BCUT2D eigenvalue weighted by atomic mass is 16.3. The van der Waals surface area contributed by atoms with Crippen molar-refractivity contribution in [2.45, 2.75) is 13.3 Å². The molecule has 3 heteroatoms. The molecule has 3 aromatic rings. The van der Waals surface area contributed by atoms with Gasteiger partial charge in [0.2, 0.25) is 5.43 Å². The van der Waals surface area contributed by atoms with Crippen LogP contribution in [0, 0.1) is 6.92 Å². The van der Waals surface area contributed by atoms with Gasteiger partial charge >= 0.3 is 0 Å². The summed E-state index contributed by atoms with van der Waals surface area (Å²) >= 11 is 0. The minimum absolute atomic E-state index is 0.0373. The number of aliphatic hydroxyl groups is 1. The molecule has 1 N–H and O–H groups in total. The summed E-state index contributed by atoms with van der Waals surface area (Å²) in [6.45, 7) is 5.39. The first-order chi connectivity index (χ1) is 9.58. The Hall–Kier alpha value is -2.55. The van der Waals surface area contributed by atoms with Gasteiger partial charge in [-0.2, -0.15) is 0 Å². The van der Waals surface area contributed by atoms with Crippen molar-refractivity contribution in [2.75, 3.05) is 0 Å². The van der Waals surface area contributed by atoms with Gasteiger partial charge in [-0.3, -0.25) is 4.79 Å². The normalized spacial score (nSPS) is 11.1. The molecule has 3 rings (SSSR count). The predicted molar refractivity (Wildman–Crippen MR) is 80.2 cm³/mol. The molecule has 0 saturated carbocycles. The average Bonchev–Trinajstić information content (AvgIpc) is 2.39. The van der Waals surface area contributed by atoms with Crippen LogP contribution in [0.2, 0.25) is 0 Å². The van der Waals surface area contributed by atoms with E-state index >= 15 is 0 Å². The molecule has 0 fully saturated rings. The number of aliphatic hydroxyl groups excluding tert-OH is 1. The summed E-state index contributed by atoms with van der Waals surface area (Å²) in [5.74, 6) is 0.0458. The summed E-state index contributed by atoms with van der Waals surface area (Å²) in [7, 11) is 0. The summed E-state index contributed by atoms with van der Waals surface area (Å²) in [5.41, 5.74) is 2.71. The Labute approximate surface area is 115 Å². The Morgan fingerprint density at radius 1 is 1.25 bits per heavy atom. The lowest BCUT2D eigenvalue weighted by atomic mass is 10.0. The summed E-state index contributed by atoms with van der Waals surface area (Å²) in [6.07, 6.45) is 0.275. The molecule has 0 atom stereocenters. The number of benzene rings is 2. The van der Waals surface area contributed by atoms with Crippen LogP contribution in [0.25, 0.3) is 21.9 Å². The largest absolute Gasteiger partial charge is 0.513 e. The molecule has 20 heavy (non-hydrogen) atoms. The zero-order valence-corrected chi connectivity index (χ0v) is 11.1. The van der Waals surface area contributed by atoms with Crippen molar-refractivity contribution in [1.29, 1.82) is 0 Å². The standard InChI is InChI=1S/C17H14O3/c1-10-5-3-8-14-15(10)16(19)13-7-4-6-12(9-11(2)18)17(13)20-14/h3-8,18H,2,9H2,1H3. The first-order valence-electron chi connectivity index (χ1n) is 6.38. The molecule has 1 aromatic heterocycles. The van der Waals surface area contributed by atoms with E-state index in [-0.39, 0.29) is 17.6 Å². The molecule has 0 aliphatic carbocycles. The Morgan fingerprint density at radius 2 is 2.00 bits per heavy atom. The number of rotatable bonds is 2. The minimum Gasteiger partial charge on any atom is -0.513 e. The molecular weight excluding hydrogens is 252 g/mol. The maximum Gasteiger partial charge on any atom is 0.200 e. The smallest absolute Gasteiger partial charge is 0.200 e. The number of aryl methyl sites for hydroxylation is 1. The molecule has 0 aliphatic heterocycles. The third kappa shape index (κ3) is 1.88. The molecule has 0 spiro atoms. The second-order valence-corrected chi connectivity index (χ2v) is 4.92. The van der Waals surface area contributed by atoms with Crippen LogP contribution in [0.1, 0.15) is 11.1 Å². The van der Waals surface area contributed by atoms with Crippen LogP contribution in [0.15, 0.2) is 57.9 Å². The summed E-state index contributed by atoms with van der Waals surface area (Å²) < 4.78 is 5.89. The maximum atomic E-state index is 12.6. The summed E-state index contributed by atoms with van der Waals surface area (Å²) in [4.78, 5) is 12.6. The molecule has 0 amide bonds. The van der Waals surface area contributed by atoms with Crippen LogP contribution in [0.4, 0.5) is 0 Å². The van der Waals surface area contributed by atoms with Crippen LogP contribution >= 0.6 is 0 Å². The van der Waals surface area contributed by atoms with Gasteiger partial charge in [0, 0.05) is 12.0 Å². The van der Waals surface area contributed by atoms with Crippen LogP contribution < -0.4 is 5.43 Å². The van der Waals surface area contributed by atoms with Gasteiger partial charge in [0.15, 0.2) is 0 Å². The molecule has 0 aliphatic rings. The van der Waals surface area contributed by atoms with Gasteiger partial charge < -0.3 is 9.52 Å². The molecule has 0 radical (unpaired) electrons. The first kappa shape index (κ1) is 12.5. The number of hydrogen-bond acceptors (Lipinski definition) is 3. The fourth-order valence-electron chi connectivity index (χ4n) is 2.50. The first-order valence-corrected chi connectivity index (χ1v) is 6.38. The van der Waals surface area contributed by atoms with E-state index in [0.717, 1.165) is 11.1 Å². The zero-order valence-electron chi connectivity index (χ0n) is 11.1. The lowest BCUT2D eigenvalue weighted by Crippen LogP contribution is -2.05. The highest BCUT2D eigenvalue weighted by Crippen LogP contribution is 2.24. The third-order valence-electron chi connectivity index (χ3n) is 3.41. The Bertz CT molecular complexity index is 888. The van der Waals surface area contributed by atoms with Crippen molar-refractivity contribution in [3.63, 3.8) is 0 Å². The molecule has 1 heterocycles. The second kappa shape index (κ2) is 4.53. The van der Waals surface area contributed by atoms with Crippen LogP contribution in [0.3, 0.4) is 0 Å². The van der Waals surface area contributed by atoms with E-state index in [2.05, 4.69) is 6.58 Å². The molecule has 0 bridgehead atoms. The van der Waals surface area contributed by atoms with Gasteiger partial charge in [0.25, 0.3) is 0 Å². The van der Waals surface area contributed by atoms with Gasteiger partial charge in [-0.25, -0.2) is 0 Å². The van der Waals surface area contributed by atoms with E-state index in [1.54, 1.807) is 18.2 Å². The second-order valence-electron chi connectivity index (χ2n) is 4.92. The van der Waals surface area contributed by atoms with E-state index < -0.39 is 0 Å². The molecular formula is C17H14O3. The van der Waals surface area contributed by atoms with Gasteiger partial charge in [0.05, 0.1) is 16.5 Å². The molecule has 2 aromatic carbocycles. The Kier molecular flexibility index (Phi) is 2.83. The summed E-state index contributed by atoms with van der Waals surface area (Å²) in [5, 5.41) is 10.5. The lowest BCUT2D eigenvalue weighted by Gasteiger charge is -2.07. The van der Waals surface area contributed by atoms with Crippen molar-refractivity contribution in [3.8, 4) is 0 Å². The van der Waals surface area contributed by atoms with Crippen molar-refractivity contribution < 1.29 is 9.52 Å². The Morgan fingerprint density at radius 3 is 2.75 bits per heavy atom. The van der Waals surface area contributed by atoms with Crippen molar-refractivity contribution in [3.05, 3.63) is 70.1 Å². The van der Waals surface area contributed by atoms with Gasteiger partial charge in [0.1, 0.15) is 11.2 Å². The highest BCUT2D eigenvalue weighted by Gasteiger charge is 2.12. The molecule has 0 saturated heterocycles. The van der Waals surface area contributed by atoms with Crippen LogP contribution in [0.5, 0.6) is 0 Å². The summed E-state index contributed by atoms with van der Waals surface area (Å²) in [6, 6.07) is 10.9. The SMILES string of the molecule is C=C(O)Cc1cccc2c(=O)c3c(C)cccc3oc12. The van der Waals surface area contributed by atoms with E-state index in [1.165, 1.54) is 0 Å². The maximum absolute atomic E-state index is 12.6. The van der Waals surface area contributed by atoms with Gasteiger partial charge in [-0.15, -0.1) is 0 Å². The molecule has 0 unspecified atom stereocenters. The van der Waals surface area contributed by atoms with Gasteiger partial charge in [-0.1, -0.05) is 30.8 Å². The monoisotopic (exact) mass is 266 g/mol. The molecule has 3 nitrogen and oxygen atoms in total. The highest BCUT2D eigenvalue weighted by molar-refractivity contribution is 5.92. The zero-order chi connectivity index (χ0) is 14.3. The van der Waals surface area contributed by atoms with E-state index in [0.29, 0.717) is 21.9 Å². The number of hydrogen-bond donors (Lipinski definition) is 1. The lowest BCUT2D eigenvalue weighted by molar-refractivity contribution is 0.401. The van der Waals surface area contributed by atoms with Gasteiger partial charge in [-0.05, 0) is 24.6 Å². The Balaban J connectivity index is 2.47. The van der Waals surface area contributed by atoms with E-state index in [4.69, 9.17) is 4.42 Å². The fourth-order valence-corrected chi connectivity index (χ4v) is 2.50. The van der Waals surface area contributed by atoms with Crippen molar-refractivity contribution in [1.82, 2.24) is 0 Å². The van der Waals surface area contributed by atoms with E-state index in [9.17, 15) is 9.90 Å². The third-order valence-corrected chi connectivity index (χ3v) is 3.41. The fraction of sp³-hybridized carbons (Fsp3) is 0.118. The van der Waals surface area contributed by atoms with E-state index in [1.807, 2.05) is 25.1 Å². The molecule has 100 valence electrons. The van der Waals surface area contributed by atoms with Crippen LogP contribution in [-0.4, -0.2) is 5.11 Å². The number of fused-ring (bicyclic) bond motifs is 2.